The molecular formula is C8H8F3N3O2. The summed E-state index contributed by atoms with van der Waals surface area (Å²) in [7, 11) is 0. The summed E-state index contributed by atoms with van der Waals surface area (Å²) in [6.45, 7) is -0.361. The summed E-state index contributed by atoms with van der Waals surface area (Å²) in [5.74, 6) is -0.662. The number of H-pyrrole nitrogens is 1. The maximum Gasteiger partial charge on any atom is 0.431 e. The van der Waals surface area contributed by atoms with E-state index in [0.29, 0.717) is 6.07 Å². The molecule has 16 heavy (non-hydrogen) atoms. The highest BCUT2D eigenvalue weighted by Crippen LogP contribution is 2.26. The number of aromatic nitrogens is 1. The van der Waals surface area contributed by atoms with Crippen molar-refractivity contribution in [3.8, 4) is 0 Å². The molecule has 0 saturated carbocycles. The van der Waals surface area contributed by atoms with E-state index in [1.54, 1.807) is 0 Å². The van der Waals surface area contributed by atoms with Crippen molar-refractivity contribution in [1.29, 1.82) is 0 Å². The molecular weight excluding hydrogens is 227 g/mol. The zero-order chi connectivity index (χ0) is 12.3. The maximum atomic E-state index is 12.2. The van der Waals surface area contributed by atoms with Crippen molar-refractivity contribution < 1.29 is 18.0 Å². The Morgan fingerprint density at radius 1 is 1.50 bits per heavy atom. The number of nitrogens with one attached hydrogen (secondary N) is 2. The smallest absolute Gasteiger partial charge is 0.356 e. The second kappa shape index (κ2) is 4.35. The number of halogens is 3. The van der Waals surface area contributed by atoms with E-state index in [9.17, 15) is 22.8 Å². The highest BCUT2D eigenvalue weighted by molar-refractivity contribution is 5.91. The fourth-order valence-electron chi connectivity index (χ4n) is 0.934. The molecule has 0 atom stereocenters. The zero-order valence-electron chi connectivity index (χ0n) is 7.89. The molecule has 0 unspecified atom stereocenters. The summed E-state index contributed by atoms with van der Waals surface area (Å²) in [6, 6.07) is 0.367. The molecule has 0 aliphatic rings. The van der Waals surface area contributed by atoms with E-state index < -0.39 is 23.2 Å². The minimum Gasteiger partial charge on any atom is -0.356 e. The Labute approximate surface area is 87.5 Å². The van der Waals surface area contributed by atoms with Crippen molar-refractivity contribution in [1.82, 2.24) is 4.98 Å². The highest BCUT2D eigenvalue weighted by atomic mass is 19.4. The number of nitrogens with two attached hydrogens (primary N) is 1. The van der Waals surface area contributed by atoms with Crippen molar-refractivity contribution >= 4 is 11.6 Å². The SMILES string of the molecule is NCC(=O)Nc1c[nH]c(C(F)(F)F)cc1=O. The first-order chi connectivity index (χ1) is 7.34. The number of carbonyl (C=O) groups is 1. The van der Waals surface area contributed by atoms with Crippen LogP contribution in [-0.2, 0) is 11.0 Å². The van der Waals surface area contributed by atoms with Gasteiger partial charge in [0, 0.05) is 12.3 Å². The van der Waals surface area contributed by atoms with Gasteiger partial charge in [-0.05, 0) is 0 Å². The summed E-state index contributed by atoms with van der Waals surface area (Å²) in [5.41, 5.74) is 2.58. The van der Waals surface area contributed by atoms with Crippen LogP contribution in [0, 0.1) is 0 Å². The van der Waals surface area contributed by atoms with E-state index in [4.69, 9.17) is 5.73 Å². The fourth-order valence-corrected chi connectivity index (χ4v) is 0.934. The number of hydrogen-bond donors (Lipinski definition) is 3. The van der Waals surface area contributed by atoms with Gasteiger partial charge in [0.05, 0.1) is 6.54 Å². The molecule has 0 aliphatic carbocycles. The van der Waals surface area contributed by atoms with Crippen molar-refractivity contribution in [3.05, 3.63) is 28.2 Å². The van der Waals surface area contributed by atoms with E-state index in [0.717, 1.165) is 6.20 Å². The van der Waals surface area contributed by atoms with E-state index >= 15 is 0 Å². The standard InChI is InChI=1S/C8H8F3N3O2/c9-8(10,11)6-1-5(15)4(3-13-6)14-7(16)2-12/h1,3H,2,12H2,(H,13,15)(H,14,16). The second-order valence-corrected chi connectivity index (χ2v) is 2.87. The molecule has 0 fully saturated rings. The summed E-state index contributed by atoms with van der Waals surface area (Å²) >= 11 is 0. The van der Waals surface area contributed by atoms with E-state index in [-0.39, 0.29) is 12.2 Å². The van der Waals surface area contributed by atoms with Crippen LogP contribution in [0.3, 0.4) is 0 Å². The lowest BCUT2D eigenvalue weighted by Crippen LogP contribution is -2.26. The molecule has 0 aromatic carbocycles. The van der Waals surface area contributed by atoms with E-state index in [2.05, 4.69) is 5.32 Å². The molecule has 1 aromatic heterocycles. The van der Waals surface area contributed by atoms with Gasteiger partial charge in [0.2, 0.25) is 11.3 Å². The quantitative estimate of drug-likeness (QED) is 0.688. The predicted octanol–water partition coefficient (Wildman–Crippen LogP) is 0.291. The van der Waals surface area contributed by atoms with Gasteiger partial charge in [-0.25, -0.2) is 0 Å². The number of aromatic amines is 1. The summed E-state index contributed by atoms with van der Waals surface area (Å²) in [4.78, 5) is 23.8. The summed E-state index contributed by atoms with van der Waals surface area (Å²) in [6.07, 6.45) is -3.85. The Bertz CT molecular complexity index is 453. The number of hydrogen-bond acceptors (Lipinski definition) is 3. The minimum atomic E-state index is -4.63. The van der Waals surface area contributed by atoms with Crippen LogP contribution in [0.2, 0.25) is 0 Å². The van der Waals surface area contributed by atoms with Gasteiger partial charge >= 0.3 is 6.18 Å². The third-order valence-electron chi connectivity index (χ3n) is 1.68. The molecule has 0 spiro atoms. The number of carbonyl (C=O) groups excluding carboxylic acids is 1. The molecule has 0 aliphatic heterocycles. The molecule has 1 amide bonds. The molecule has 1 aromatic rings. The van der Waals surface area contributed by atoms with Gasteiger partial charge in [0.15, 0.2) is 0 Å². The lowest BCUT2D eigenvalue weighted by Gasteiger charge is -2.07. The third kappa shape index (κ3) is 2.83. The first kappa shape index (κ1) is 12.2. The number of alkyl halides is 3. The third-order valence-corrected chi connectivity index (χ3v) is 1.68. The van der Waals surface area contributed by atoms with Crippen molar-refractivity contribution in [2.24, 2.45) is 5.73 Å². The van der Waals surface area contributed by atoms with Gasteiger partial charge in [0.1, 0.15) is 11.4 Å². The van der Waals surface area contributed by atoms with Gasteiger partial charge in [-0.3, -0.25) is 9.59 Å². The Hall–Kier alpha value is -1.83. The molecule has 8 heteroatoms. The predicted molar refractivity (Wildman–Crippen MR) is 49.7 cm³/mol. The molecule has 1 rings (SSSR count). The van der Waals surface area contributed by atoms with Crippen LogP contribution >= 0.6 is 0 Å². The van der Waals surface area contributed by atoms with Crippen molar-refractivity contribution in [2.45, 2.75) is 6.18 Å². The second-order valence-electron chi connectivity index (χ2n) is 2.87. The van der Waals surface area contributed by atoms with Gasteiger partial charge in [-0.2, -0.15) is 13.2 Å². The zero-order valence-corrected chi connectivity index (χ0v) is 7.89. The highest BCUT2D eigenvalue weighted by Gasteiger charge is 2.32. The minimum absolute atomic E-state index is 0.275. The number of anilines is 1. The Kier molecular flexibility index (Phi) is 3.33. The lowest BCUT2D eigenvalue weighted by molar-refractivity contribution is -0.141. The molecule has 1 heterocycles. The molecule has 88 valence electrons. The Morgan fingerprint density at radius 2 is 2.12 bits per heavy atom. The monoisotopic (exact) mass is 235 g/mol. The molecule has 4 N–H and O–H groups in total. The van der Waals surface area contributed by atoms with Crippen LogP contribution in [0.25, 0.3) is 0 Å². The summed E-state index contributed by atoms with van der Waals surface area (Å²) < 4.78 is 36.5. The average Bonchev–Trinajstić information content (AvgIpc) is 2.19. The van der Waals surface area contributed by atoms with E-state index in [1.807, 2.05) is 4.98 Å². The first-order valence-corrected chi connectivity index (χ1v) is 4.14. The number of amides is 1. The molecule has 5 nitrogen and oxygen atoms in total. The first-order valence-electron chi connectivity index (χ1n) is 4.14. The van der Waals surface area contributed by atoms with E-state index in [1.165, 1.54) is 0 Å². The van der Waals surface area contributed by atoms with Gasteiger partial charge in [0.25, 0.3) is 0 Å². The maximum absolute atomic E-state index is 12.2. The topological polar surface area (TPSA) is 88.0 Å². The van der Waals surface area contributed by atoms with Crippen molar-refractivity contribution in [2.75, 3.05) is 11.9 Å². The molecule has 0 saturated heterocycles. The van der Waals surface area contributed by atoms with Gasteiger partial charge in [-0.1, -0.05) is 0 Å². The normalized spacial score (nSPS) is 11.2. The largest absolute Gasteiger partial charge is 0.431 e. The molecule has 0 radical (unpaired) electrons. The van der Waals surface area contributed by atoms with Crippen LogP contribution < -0.4 is 16.5 Å². The average molecular weight is 235 g/mol. The van der Waals surface area contributed by atoms with Crippen LogP contribution in [0.15, 0.2) is 17.1 Å². The number of pyridine rings is 1. The summed E-state index contributed by atoms with van der Waals surface area (Å²) in [5, 5.41) is 2.06. The molecule has 0 bridgehead atoms. The number of rotatable bonds is 2. The van der Waals surface area contributed by atoms with Gasteiger partial charge in [-0.15, -0.1) is 0 Å². The Morgan fingerprint density at radius 3 is 2.56 bits per heavy atom. The van der Waals surface area contributed by atoms with Gasteiger partial charge < -0.3 is 16.0 Å². The van der Waals surface area contributed by atoms with Crippen LogP contribution in [-0.4, -0.2) is 17.4 Å². The lowest BCUT2D eigenvalue weighted by atomic mass is 10.3. The Balaban J connectivity index is 3.01. The fraction of sp³-hybridized carbons (Fsp3) is 0.250. The van der Waals surface area contributed by atoms with Crippen LogP contribution in [0.4, 0.5) is 18.9 Å². The van der Waals surface area contributed by atoms with Crippen LogP contribution in [0.5, 0.6) is 0 Å². The van der Waals surface area contributed by atoms with Crippen molar-refractivity contribution in [3.63, 3.8) is 0 Å². The van der Waals surface area contributed by atoms with Crippen LogP contribution in [0.1, 0.15) is 5.69 Å².